The minimum atomic E-state index is -0.496. The van der Waals surface area contributed by atoms with E-state index < -0.39 is 5.60 Å². The second kappa shape index (κ2) is 10.8. The maximum Gasteiger partial charge on any atom is 0.314 e. The number of imidazole rings is 1. The van der Waals surface area contributed by atoms with Crippen molar-refractivity contribution < 1.29 is 14.6 Å². The van der Waals surface area contributed by atoms with Crippen LogP contribution >= 0.6 is 11.6 Å². The van der Waals surface area contributed by atoms with Gasteiger partial charge in [0.05, 0.1) is 18.2 Å². The van der Waals surface area contributed by atoms with Crippen LogP contribution < -0.4 is 0 Å². The molecule has 1 atom stereocenters. The summed E-state index contributed by atoms with van der Waals surface area (Å²) in [7, 11) is 0. The molecule has 2 aromatic rings. The van der Waals surface area contributed by atoms with Crippen LogP contribution in [0, 0.1) is 5.92 Å². The lowest BCUT2D eigenvalue weighted by Crippen LogP contribution is -2.30. The number of aromatic nitrogens is 2. The highest BCUT2D eigenvalue weighted by Gasteiger charge is 2.35. The third-order valence-electron chi connectivity index (χ3n) is 6.22. The number of ether oxygens (including phenoxy) is 1. The highest BCUT2D eigenvalue weighted by Crippen LogP contribution is 2.39. The minimum absolute atomic E-state index is 0.122. The molecule has 1 aromatic heterocycles. The quantitative estimate of drug-likeness (QED) is 0.463. The number of halogens is 1. The van der Waals surface area contributed by atoms with E-state index in [2.05, 4.69) is 36.2 Å². The van der Waals surface area contributed by atoms with Gasteiger partial charge in [-0.2, -0.15) is 0 Å². The van der Waals surface area contributed by atoms with Gasteiger partial charge in [0, 0.05) is 13.0 Å². The lowest BCUT2D eigenvalue weighted by Gasteiger charge is -2.27. The summed E-state index contributed by atoms with van der Waals surface area (Å²) in [6.45, 7) is 8.36. The Bertz CT molecular complexity index is 893. The molecule has 0 aliphatic heterocycles. The van der Waals surface area contributed by atoms with Crippen LogP contribution in [0.3, 0.4) is 0 Å². The number of aliphatic hydroxyl groups excluding tert-OH is 1. The Hall–Kier alpha value is -1.85. The smallest absolute Gasteiger partial charge is 0.314 e. The molecule has 0 radical (unpaired) electrons. The van der Waals surface area contributed by atoms with Crippen molar-refractivity contribution >= 4 is 17.6 Å². The van der Waals surface area contributed by atoms with Crippen LogP contribution in [0.4, 0.5) is 0 Å². The predicted molar refractivity (Wildman–Crippen MR) is 128 cm³/mol. The molecule has 1 N–H and O–H groups in total. The number of hydrogen-bond donors (Lipinski definition) is 1. The zero-order valence-electron chi connectivity index (χ0n) is 19.9. The number of benzene rings is 1. The van der Waals surface area contributed by atoms with Gasteiger partial charge in [0.15, 0.2) is 5.15 Å². The van der Waals surface area contributed by atoms with Crippen molar-refractivity contribution in [2.75, 3.05) is 0 Å². The van der Waals surface area contributed by atoms with Gasteiger partial charge >= 0.3 is 5.97 Å². The van der Waals surface area contributed by atoms with Crippen LogP contribution in [-0.2, 0) is 29.1 Å². The zero-order chi connectivity index (χ0) is 23.3. The summed E-state index contributed by atoms with van der Waals surface area (Å²) in [6.07, 6.45) is 7.41. The van der Waals surface area contributed by atoms with Crippen LogP contribution in [-0.4, -0.2) is 26.2 Å². The first-order valence-corrected chi connectivity index (χ1v) is 12.3. The number of hydrogen-bond acceptors (Lipinski definition) is 4. The number of unbranched alkanes of at least 4 members (excludes halogenated alkanes) is 1. The second-order valence-electron chi connectivity index (χ2n) is 9.91. The molecule has 1 aliphatic rings. The van der Waals surface area contributed by atoms with Crippen LogP contribution in [0.15, 0.2) is 24.3 Å². The van der Waals surface area contributed by atoms with Gasteiger partial charge < -0.3 is 14.4 Å². The Labute approximate surface area is 197 Å². The molecule has 176 valence electrons. The van der Waals surface area contributed by atoms with Gasteiger partial charge in [-0.15, -0.1) is 0 Å². The summed E-state index contributed by atoms with van der Waals surface area (Å²) in [5.41, 5.74) is 2.26. The maximum absolute atomic E-state index is 13.1. The van der Waals surface area contributed by atoms with E-state index in [0.29, 0.717) is 23.3 Å². The van der Waals surface area contributed by atoms with E-state index in [0.717, 1.165) is 49.1 Å². The van der Waals surface area contributed by atoms with Crippen molar-refractivity contribution in [2.45, 2.75) is 97.3 Å². The van der Waals surface area contributed by atoms with Crippen molar-refractivity contribution in [3.05, 3.63) is 52.1 Å². The average molecular weight is 461 g/mol. The zero-order valence-corrected chi connectivity index (χ0v) is 20.6. The first-order chi connectivity index (χ1) is 15.2. The topological polar surface area (TPSA) is 64.4 Å². The fourth-order valence-corrected chi connectivity index (χ4v) is 4.90. The average Bonchev–Trinajstić information content (AvgIpc) is 3.34. The van der Waals surface area contributed by atoms with Crippen LogP contribution in [0.2, 0.25) is 5.15 Å². The predicted octanol–water partition coefficient (Wildman–Crippen LogP) is 6.04. The standard InChI is InChI=1S/C26H37ClN2O3/c1-5-6-11-22-28-24(27)21(17-30)29(22)16-18-12-14-20(15-13-18)23(19-9-7-8-10-19)25(31)32-26(2,3)4/h12-15,19,23,30H,5-11,16-17H2,1-4H3. The Balaban J connectivity index is 1.83. The summed E-state index contributed by atoms with van der Waals surface area (Å²) in [4.78, 5) is 17.6. The molecule has 0 amide bonds. The molecule has 0 spiro atoms. The Morgan fingerprint density at radius 1 is 1.25 bits per heavy atom. The van der Waals surface area contributed by atoms with E-state index >= 15 is 0 Å². The summed E-state index contributed by atoms with van der Waals surface area (Å²) in [5, 5.41) is 10.2. The lowest BCUT2D eigenvalue weighted by molar-refractivity contribution is -0.158. The van der Waals surface area contributed by atoms with Gasteiger partial charge in [-0.05, 0) is 57.1 Å². The SMILES string of the molecule is CCCCc1nc(Cl)c(CO)n1Cc1ccc(C(C(=O)OC(C)(C)C)C2CCCC2)cc1. The maximum atomic E-state index is 13.1. The highest BCUT2D eigenvalue weighted by atomic mass is 35.5. The number of nitrogens with zero attached hydrogens (tertiary/aromatic N) is 2. The summed E-state index contributed by atoms with van der Waals surface area (Å²) in [6, 6.07) is 8.26. The van der Waals surface area contributed by atoms with Crippen molar-refractivity contribution in [2.24, 2.45) is 5.92 Å². The van der Waals surface area contributed by atoms with Crippen molar-refractivity contribution in [1.82, 2.24) is 9.55 Å². The number of carbonyl (C=O) groups is 1. The molecule has 1 aliphatic carbocycles. The second-order valence-corrected chi connectivity index (χ2v) is 10.3. The summed E-state index contributed by atoms with van der Waals surface area (Å²) < 4.78 is 7.81. The normalized spacial score (nSPS) is 15.8. The number of carbonyl (C=O) groups excluding carboxylic acids is 1. The van der Waals surface area contributed by atoms with E-state index in [4.69, 9.17) is 16.3 Å². The molecule has 0 bridgehead atoms. The number of aryl methyl sites for hydroxylation is 1. The van der Waals surface area contributed by atoms with Crippen molar-refractivity contribution in [3.63, 3.8) is 0 Å². The van der Waals surface area contributed by atoms with E-state index in [1.807, 2.05) is 25.3 Å². The molecule has 1 saturated carbocycles. The van der Waals surface area contributed by atoms with E-state index in [-0.39, 0.29) is 18.5 Å². The van der Waals surface area contributed by atoms with E-state index in [1.54, 1.807) is 0 Å². The first-order valence-electron chi connectivity index (χ1n) is 11.9. The molecule has 3 rings (SSSR count). The molecule has 6 heteroatoms. The van der Waals surface area contributed by atoms with Gasteiger partial charge in [0.1, 0.15) is 11.4 Å². The fraction of sp³-hybridized carbons (Fsp3) is 0.615. The first kappa shape index (κ1) is 24.8. The van der Waals surface area contributed by atoms with Crippen LogP contribution in [0.1, 0.15) is 94.8 Å². The van der Waals surface area contributed by atoms with E-state index in [9.17, 15) is 9.90 Å². The fourth-order valence-electron chi connectivity index (χ4n) is 4.64. The molecule has 32 heavy (non-hydrogen) atoms. The molecule has 1 fully saturated rings. The Kier molecular flexibility index (Phi) is 8.40. The number of esters is 1. The molecule has 0 saturated heterocycles. The van der Waals surface area contributed by atoms with Gasteiger partial charge in [0.25, 0.3) is 0 Å². The molecule has 5 nitrogen and oxygen atoms in total. The molecular weight excluding hydrogens is 424 g/mol. The monoisotopic (exact) mass is 460 g/mol. The van der Waals surface area contributed by atoms with Gasteiger partial charge in [-0.3, -0.25) is 4.79 Å². The number of rotatable bonds is 9. The molecule has 1 aromatic carbocycles. The van der Waals surface area contributed by atoms with Gasteiger partial charge in [-0.25, -0.2) is 4.98 Å². The third-order valence-corrected chi connectivity index (χ3v) is 6.52. The summed E-state index contributed by atoms with van der Waals surface area (Å²) in [5.74, 6) is 0.900. The van der Waals surface area contributed by atoms with Gasteiger partial charge in [0.2, 0.25) is 0 Å². The largest absolute Gasteiger partial charge is 0.459 e. The van der Waals surface area contributed by atoms with Crippen molar-refractivity contribution in [1.29, 1.82) is 0 Å². The van der Waals surface area contributed by atoms with Crippen molar-refractivity contribution in [3.8, 4) is 0 Å². The Morgan fingerprint density at radius 3 is 2.47 bits per heavy atom. The molecule has 1 heterocycles. The summed E-state index contributed by atoms with van der Waals surface area (Å²) >= 11 is 6.28. The van der Waals surface area contributed by atoms with Crippen LogP contribution in [0.25, 0.3) is 0 Å². The van der Waals surface area contributed by atoms with E-state index in [1.165, 1.54) is 12.8 Å². The molecule has 1 unspecified atom stereocenters. The highest BCUT2D eigenvalue weighted by molar-refractivity contribution is 6.30. The third kappa shape index (κ3) is 6.14. The Morgan fingerprint density at radius 2 is 1.91 bits per heavy atom. The van der Waals surface area contributed by atoms with Gasteiger partial charge in [-0.1, -0.05) is 62.1 Å². The minimum Gasteiger partial charge on any atom is -0.459 e. The molecular formula is C26H37ClN2O3. The van der Waals surface area contributed by atoms with Crippen LogP contribution in [0.5, 0.6) is 0 Å². The number of aliphatic hydroxyl groups is 1. The lowest BCUT2D eigenvalue weighted by atomic mass is 9.84.